The molecule has 17 heavy (non-hydrogen) atoms. The minimum absolute atomic E-state index is 0.372. The van der Waals surface area contributed by atoms with Gasteiger partial charge in [-0.2, -0.15) is 0 Å². The van der Waals surface area contributed by atoms with Crippen LogP contribution >= 0.6 is 0 Å². The Morgan fingerprint density at radius 2 is 1.76 bits per heavy atom. The first-order valence-corrected chi connectivity index (χ1v) is 6.44. The average molecular weight is 235 g/mol. The third-order valence-corrected chi connectivity index (χ3v) is 3.03. The van der Waals surface area contributed by atoms with Crippen LogP contribution in [0.15, 0.2) is 24.3 Å². The largest absolute Gasteiger partial charge is 0.494 e. The summed E-state index contributed by atoms with van der Waals surface area (Å²) in [6.45, 7) is 5.87. The number of nitrogens with one attached hydrogen (secondary N) is 1. The van der Waals surface area contributed by atoms with Crippen molar-refractivity contribution >= 4 is 0 Å². The molecule has 2 rings (SSSR count). The van der Waals surface area contributed by atoms with Gasteiger partial charge in [-0.15, -0.1) is 0 Å². The predicted molar refractivity (Wildman–Crippen MR) is 68.7 cm³/mol. The van der Waals surface area contributed by atoms with Gasteiger partial charge in [-0.25, -0.2) is 0 Å². The summed E-state index contributed by atoms with van der Waals surface area (Å²) < 4.78 is 11.3. The summed E-state index contributed by atoms with van der Waals surface area (Å²) in [4.78, 5) is 0. The van der Waals surface area contributed by atoms with Crippen molar-refractivity contribution in [1.82, 2.24) is 5.32 Å². The Morgan fingerprint density at radius 1 is 1.12 bits per heavy atom. The zero-order chi connectivity index (χ0) is 12.1. The fourth-order valence-electron chi connectivity index (χ4n) is 2.09. The fraction of sp³-hybridized carbons (Fsp3) is 0.571. The summed E-state index contributed by atoms with van der Waals surface area (Å²) >= 11 is 0. The average Bonchev–Trinajstić information content (AvgIpc) is 2.29. The van der Waals surface area contributed by atoms with Crippen molar-refractivity contribution in [2.45, 2.75) is 38.8 Å². The van der Waals surface area contributed by atoms with Gasteiger partial charge in [0, 0.05) is 6.04 Å². The van der Waals surface area contributed by atoms with Crippen LogP contribution < -0.4 is 14.8 Å². The number of hydrogen-bond donors (Lipinski definition) is 1. The standard InChI is InChI=1S/C14H21NO2/c1-3-15-11-9-14(10-11)17-13-7-5-12(6-8-13)16-4-2/h5-8,11,14-15H,3-4,9-10H2,1-2H3. The Labute approximate surface area is 103 Å². The van der Waals surface area contributed by atoms with Crippen LogP contribution in [-0.4, -0.2) is 25.3 Å². The molecule has 1 aliphatic carbocycles. The van der Waals surface area contributed by atoms with Crippen molar-refractivity contribution in [3.63, 3.8) is 0 Å². The third-order valence-electron chi connectivity index (χ3n) is 3.03. The Morgan fingerprint density at radius 3 is 2.35 bits per heavy atom. The van der Waals surface area contributed by atoms with Crippen LogP contribution in [0.2, 0.25) is 0 Å². The van der Waals surface area contributed by atoms with E-state index in [2.05, 4.69) is 12.2 Å². The molecule has 0 atom stereocenters. The highest BCUT2D eigenvalue weighted by atomic mass is 16.5. The first-order chi connectivity index (χ1) is 8.31. The van der Waals surface area contributed by atoms with Gasteiger partial charge in [-0.3, -0.25) is 0 Å². The maximum absolute atomic E-state index is 5.86. The van der Waals surface area contributed by atoms with E-state index in [0.29, 0.717) is 18.8 Å². The van der Waals surface area contributed by atoms with E-state index in [1.165, 1.54) is 0 Å². The molecule has 0 bridgehead atoms. The highest BCUT2D eigenvalue weighted by Crippen LogP contribution is 2.27. The molecule has 1 fully saturated rings. The van der Waals surface area contributed by atoms with E-state index in [1.807, 2.05) is 31.2 Å². The molecule has 0 spiro atoms. The summed E-state index contributed by atoms with van der Waals surface area (Å²) in [5.74, 6) is 1.84. The van der Waals surface area contributed by atoms with Crippen molar-refractivity contribution in [2.75, 3.05) is 13.2 Å². The second-order valence-corrected chi connectivity index (χ2v) is 4.37. The Balaban J connectivity index is 1.76. The number of ether oxygens (including phenoxy) is 2. The van der Waals surface area contributed by atoms with Crippen LogP contribution in [0.1, 0.15) is 26.7 Å². The summed E-state index contributed by atoms with van der Waals surface area (Å²) in [5, 5.41) is 3.42. The summed E-state index contributed by atoms with van der Waals surface area (Å²) in [7, 11) is 0. The lowest BCUT2D eigenvalue weighted by Crippen LogP contribution is -2.46. The van der Waals surface area contributed by atoms with Gasteiger partial charge >= 0.3 is 0 Å². The molecule has 1 aromatic carbocycles. The van der Waals surface area contributed by atoms with Crippen molar-refractivity contribution in [2.24, 2.45) is 0 Å². The summed E-state index contributed by atoms with van der Waals surface area (Å²) in [5.41, 5.74) is 0. The van der Waals surface area contributed by atoms with E-state index >= 15 is 0 Å². The second kappa shape index (κ2) is 5.92. The van der Waals surface area contributed by atoms with E-state index in [-0.39, 0.29) is 0 Å². The second-order valence-electron chi connectivity index (χ2n) is 4.37. The van der Waals surface area contributed by atoms with Crippen LogP contribution in [-0.2, 0) is 0 Å². The smallest absolute Gasteiger partial charge is 0.119 e. The molecule has 0 saturated heterocycles. The molecule has 1 aromatic rings. The SMILES string of the molecule is CCNC1CC(Oc2ccc(OCC)cc2)C1. The van der Waals surface area contributed by atoms with E-state index in [0.717, 1.165) is 30.9 Å². The molecule has 3 heteroatoms. The minimum Gasteiger partial charge on any atom is -0.494 e. The predicted octanol–water partition coefficient (Wildman–Crippen LogP) is 2.60. The zero-order valence-corrected chi connectivity index (χ0v) is 10.6. The number of hydrogen-bond acceptors (Lipinski definition) is 3. The Bertz CT molecular complexity index is 331. The van der Waals surface area contributed by atoms with Gasteiger partial charge in [0.25, 0.3) is 0 Å². The van der Waals surface area contributed by atoms with Crippen molar-refractivity contribution in [3.8, 4) is 11.5 Å². The topological polar surface area (TPSA) is 30.5 Å². The monoisotopic (exact) mass is 235 g/mol. The molecule has 3 nitrogen and oxygen atoms in total. The summed E-state index contributed by atoms with van der Waals surface area (Å²) in [6.07, 6.45) is 2.60. The van der Waals surface area contributed by atoms with E-state index < -0.39 is 0 Å². The van der Waals surface area contributed by atoms with Gasteiger partial charge in [0.15, 0.2) is 0 Å². The molecule has 0 unspecified atom stereocenters. The van der Waals surface area contributed by atoms with Crippen LogP contribution in [0.5, 0.6) is 11.5 Å². The molecule has 1 aliphatic rings. The molecular weight excluding hydrogens is 214 g/mol. The maximum Gasteiger partial charge on any atom is 0.119 e. The first-order valence-electron chi connectivity index (χ1n) is 6.44. The van der Waals surface area contributed by atoms with Crippen LogP contribution in [0.4, 0.5) is 0 Å². The van der Waals surface area contributed by atoms with Gasteiger partial charge < -0.3 is 14.8 Å². The lowest BCUT2D eigenvalue weighted by atomic mass is 9.89. The van der Waals surface area contributed by atoms with E-state index in [1.54, 1.807) is 0 Å². The minimum atomic E-state index is 0.372. The van der Waals surface area contributed by atoms with Crippen molar-refractivity contribution < 1.29 is 9.47 Å². The number of rotatable bonds is 6. The lowest BCUT2D eigenvalue weighted by Gasteiger charge is -2.35. The fourth-order valence-corrected chi connectivity index (χ4v) is 2.09. The molecule has 1 N–H and O–H groups in total. The van der Waals surface area contributed by atoms with Crippen molar-refractivity contribution in [1.29, 1.82) is 0 Å². The van der Waals surface area contributed by atoms with E-state index in [4.69, 9.17) is 9.47 Å². The molecule has 1 saturated carbocycles. The molecular formula is C14H21NO2. The normalized spacial score (nSPS) is 22.9. The Hall–Kier alpha value is -1.22. The molecule has 0 aliphatic heterocycles. The van der Waals surface area contributed by atoms with Crippen molar-refractivity contribution in [3.05, 3.63) is 24.3 Å². The van der Waals surface area contributed by atoms with Crippen LogP contribution in [0.3, 0.4) is 0 Å². The van der Waals surface area contributed by atoms with Gasteiger partial charge in [-0.1, -0.05) is 6.92 Å². The quantitative estimate of drug-likeness (QED) is 0.822. The summed E-state index contributed by atoms with van der Waals surface area (Å²) in [6, 6.07) is 8.52. The highest BCUT2D eigenvalue weighted by Gasteiger charge is 2.29. The molecule has 94 valence electrons. The Kier molecular flexibility index (Phi) is 4.26. The number of benzene rings is 1. The third kappa shape index (κ3) is 3.37. The maximum atomic E-state index is 5.86. The first kappa shape index (κ1) is 12.2. The molecule has 0 amide bonds. The van der Waals surface area contributed by atoms with Crippen LogP contribution in [0.25, 0.3) is 0 Å². The van der Waals surface area contributed by atoms with Gasteiger partial charge in [-0.05, 0) is 50.6 Å². The molecule has 0 heterocycles. The van der Waals surface area contributed by atoms with Gasteiger partial charge in [0.05, 0.1) is 6.61 Å². The van der Waals surface area contributed by atoms with Gasteiger partial charge in [0.2, 0.25) is 0 Å². The van der Waals surface area contributed by atoms with Gasteiger partial charge in [0.1, 0.15) is 17.6 Å². The zero-order valence-electron chi connectivity index (χ0n) is 10.6. The highest BCUT2D eigenvalue weighted by molar-refractivity contribution is 5.31. The van der Waals surface area contributed by atoms with E-state index in [9.17, 15) is 0 Å². The van der Waals surface area contributed by atoms with Crippen LogP contribution in [0, 0.1) is 0 Å². The lowest BCUT2D eigenvalue weighted by molar-refractivity contribution is 0.0859. The molecule has 0 aromatic heterocycles. The molecule has 0 radical (unpaired) electrons.